The first-order valence-electron chi connectivity index (χ1n) is 8.51. The lowest BCUT2D eigenvalue weighted by atomic mass is 10.2. The van der Waals surface area contributed by atoms with E-state index in [1.165, 1.54) is 30.0 Å². The second-order valence-corrected chi connectivity index (χ2v) is 7.33. The summed E-state index contributed by atoms with van der Waals surface area (Å²) in [7, 11) is 5.47. The van der Waals surface area contributed by atoms with E-state index >= 15 is 0 Å². The SMILES string of the molecule is COc1ccc(CSc2nc3ccc(OC(F)(F)C(F)F)cc3[nH]2)c(N(C)C)c1. The standard InChI is InChI=1S/C19H19F4N3O2S/c1-26(2)16-9-12(27-3)5-4-11(16)10-29-18-24-14-7-6-13(8-15(14)25-18)28-19(22,23)17(20)21/h4-9,17H,10H2,1-3H3,(H,24,25). The van der Waals surface area contributed by atoms with Crippen molar-refractivity contribution in [1.82, 2.24) is 9.97 Å². The predicted octanol–water partition coefficient (Wildman–Crippen LogP) is 5.17. The molecular weight excluding hydrogens is 410 g/mol. The molecule has 1 N–H and O–H groups in total. The largest absolute Gasteiger partial charge is 0.497 e. The van der Waals surface area contributed by atoms with Gasteiger partial charge in [0, 0.05) is 37.7 Å². The van der Waals surface area contributed by atoms with Gasteiger partial charge in [0.1, 0.15) is 11.5 Å². The maximum atomic E-state index is 13.1. The van der Waals surface area contributed by atoms with E-state index in [0.717, 1.165) is 17.0 Å². The minimum Gasteiger partial charge on any atom is -0.497 e. The number of hydrogen-bond acceptors (Lipinski definition) is 5. The van der Waals surface area contributed by atoms with Crippen LogP contribution in [0.3, 0.4) is 0 Å². The van der Waals surface area contributed by atoms with Crippen molar-refractivity contribution in [3.63, 3.8) is 0 Å². The summed E-state index contributed by atoms with van der Waals surface area (Å²) in [6.45, 7) is 0. The van der Waals surface area contributed by atoms with Gasteiger partial charge in [-0.15, -0.1) is 0 Å². The van der Waals surface area contributed by atoms with Gasteiger partial charge in [-0.2, -0.15) is 17.6 Å². The molecule has 1 aromatic heterocycles. The Hall–Kier alpha value is -2.62. The molecule has 2 aromatic carbocycles. The molecule has 0 aliphatic heterocycles. The number of hydrogen-bond donors (Lipinski definition) is 1. The normalized spacial score (nSPS) is 11.9. The van der Waals surface area contributed by atoms with E-state index in [4.69, 9.17) is 4.74 Å². The van der Waals surface area contributed by atoms with Crippen LogP contribution in [-0.4, -0.2) is 43.7 Å². The molecule has 0 aliphatic rings. The van der Waals surface area contributed by atoms with Gasteiger partial charge >= 0.3 is 12.5 Å². The van der Waals surface area contributed by atoms with Crippen molar-refractivity contribution in [2.24, 2.45) is 0 Å². The maximum Gasteiger partial charge on any atom is 0.461 e. The second-order valence-electron chi connectivity index (χ2n) is 6.36. The molecule has 0 aliphatic carbocycles. The first kappa shape index (κ1) is 21.1. The zero-order valence-electron chi connectivity index (χ0n) is 15.9. The molecule has 5 nitrogen and oxygen atoms in total. The second kappa shape index (κ2) is 8.40. The molecule has 0 amide bonds. The fraction of sp³-hybridized carbons (Fsp3) is 0.316. The third kappa shape index (κ3) is 4.87. The highest BCUT2D eigenvalue weighted by molar-refractivity contribution is 7.98. The van der Waals surface area contributed by atoms with Crippen LogP contribution in [0.1, 0.15) is 5.56 Å². The van der Waals surface area contributed by atoms with Gasteiger partial charge in [0.2, 0.25) is 0 Å². The van der Waals surface area contributed by atoms with Gasteiger partial charge < -0.3 is 19.4 Å². The minimum absolute atomic E-state index is 0.368. The molecule has 0 saturated heterocycles. The number of aromatic nitrogens is 2. The predicted molar refractivity (Wildman–Crippen MR) is 105 cm³/mol. The van der Waals surface area contributed by atoms with Gasteiger partial charge in [0.25, 0.3) is 0 Å². The molecule has 156 valence electrons. The molecule has 1 heterocycles. The Morgan fingerprint density at radius 1 is 1.14 bits per heavy atom. The average molecular weight is 429 g/mol. The van der Waals surface area contributed by atoms with Gasteiger partial charge in [-0.25, -0.2) is 4.98 Å². The van der Waals surface area contributed by atoms with Gasteiger partial charge in [-0.3, -0.25) is 0 Å². The van der Waals surface area contributed by atoms with Gasteiger partial charge in [0.05, 0.1) is 18.1 Å². The van der Waals surface area contributed by atoms with E-state index < -0.39 is 12.5 Å². The lowest BCUT2D eigenvalue weighted by Gasteiger charge is -2.18. The summed E-state index contributed by atoms with van der Waals surface area (Å²) in [5.41, 5.74) is 2.99. The van der Waals surface area contributed by atoms with E-state index in [1.54, 1.807) is 7.11 Å². The number of methoxy groups -OCH3 is 1. The molecule has 29 heavy (non-hydrogen) atoms. The molecule has 0 bridgehead atoms. The van der Waals surface area contributed by atoms with Crippen molar-refractivity contribution in [3.05, 3.63) is 42.0 Å². The number of halogens is 4. The summed E-state index contributed by atoms with van der Waals surface area (Å²) in [5.74, 6) is 0.983. The Kier molecular flexibility index (Phi) is 6.11. The van der Waals surface area contributed by atoms with Crippen molar-refractivity contribution in [3.8, 4) is 11.5 Å². The van der Waals surface area contributed by atoms with Crippen molar-refractivity contribution in [1.29, 1.82) is 0 Å². The van der Waals surface area contributed by atoms with Crippen LogP contribution in [0.25, 0.3) is 11.0 Å². The summed E-state index contributed by atoms with van der Waals surface area (Å²) in [5, 5.41) is 0.568. The maximum absolute atomic E-state index is 13.1. The van der Waals surface area contributed by atoms with Crippen molar-refractivity contribution in [2.75, 3.05) is 26.1 Å². The number of H-pyrrole nitrogens is 1. The summed E-state index contributed by atoms with van der Waals surface area (Å²) in [6, 6.07) is 9.60. The summed E-state index contributed by atoms with van der Waals surface area (Å²) in [6.07, 6.45) is -8.47. The third-order valence-corrected chi connectivity index (χ3v) is 5.00. The summed E-state index contributed by atoms with van der Waals surface area (Å²) < 4.78 is 60.2. The quantitative estimate of drug-likeness (QED) is 0.396. The summed E-state index contributed by atoms with van der Waals surface area (Å²) >= 11 is 1.43. The van der Waals surface area contributed by atoms with E-state index in [-0.39, 0.29) is 5.75 Å². The van der Waals surface area contributed by atoms with Crippen LogP contribution >= 0.6 is 11.8 Å². The van der Waals surface area contributed by atoms with Gasteiger partial charge in [-0.1, -0.05) is 17.8 Å². The first-order chi connectivity index (χ1) is 13.7. The number of nitrogens with zero attached hydrogens (tertiary/aromatic N) is 2. The molecule has 3 rings (SSSR count). The minimum atomic E-state index is -4.55. The van der Waals surface area contributed by atoms with Crippen LogP contribution in [0.5, 0.6) is 11.5 Å². The highest BCUT2D eigenvalue weighted by Crippen LogP contribution is 2.32. The average Bonchev–Trinajstić information content (AvgIpc) is 3.07. The molecular formula is C19H19F4N3O2S. The van der Waals surface area contributed by atoms with Crippen LogP contribution in [0.4, 0.5) is 23.2 Å². The Bertz CT molecular complexity index is 995. The number of ether oxygens (including phenoxy) is 2. The van der Waals surface area contributed by atoms with Gasteiger partial charge in [0.15, 0.2) is 5.16 Å². The van der Waals surface area contributed by atoms with E-state index in [1.807, 2.05) is 37.2 Å². The molecule has 0 saturated carbocycles. The fourth-order valence-electron chi connectivity index (χ4n) is 2.65. The molecule has 0 unspecified atom stereocenters. The number of anilines is 1. The number of fused-ring (bicyclic) bond motifs is 1. The number of nitrogens with one attached hydrogen (secondary N) is 1. The van der Waals surface area contributed by atoms with Crippen LogP contribution in [0, 0.1) is 0 Å². The summed E-state index contributed by atoms with van der Waals surface area (Å²) in [4.78, 5) is 9.36. The highest BCUT2D eigenvalue weighted by atomic mass is 32.2. The Morgan fingerprint density at radius 3 is 2.52 bits per heavy atom. The Morgan fingerprint density at radius 2 is 1.86 bits per heavy atom. The zero-order valence-corrected chi connectivity index (χ0v) is 16.7. The number of benzene rings is 2. The van der Waals surface area contributed by atoms with E-state index in [2.05, 4.69) is 14.7 Å². The number of rotatable bonds is 8. The first-order valence-corrected chi connectivity index (χ1v) is 9.50. The molecule has 0 radical (unpaired) electrons. The van der Waals surface area contributed by atoms with Crippen LogP contribution < -0.4 is 14.4 Å². The Balaban J connectivity index is 1.76. The fourth-order valence-corrected chi connectivity index (χ4v) is 3.54. The Labute approximate surface area is 169 Å². The van der Waals surface area contributed by atoms with Crippen LogP contribution in [0.2, 0.25) is 0 Å². The topological polar surface area (TPSA) is 50.4 Å². The number of thioether (sulfide) groups is 1. The van der Waals surface area contributed by atoms with Gasteiger partial charge in [-0.05, 0) is 23.8 Å². The van der Waals surface area contributed by atoms with Crippen molar-refractivity contribution < 1.29 is 27.0 Å². The molecule has 3 aromatic rings. The number of aromatic amines is 1. The molecule has 10 heteroatoms. The zero-order chi connectivity index (χ0) is 21.2. The van der Waals surface area contributed by atoms with Crippen LogP contribution in [-0.2, 0) is 5.75 Å². The van der Waals surface area contributed by atoms with Crippen LogP contribution in [0.15, 0.2) is 41.6 Å². The molecule has 0 fully saturated rings. The molecule has 0 atom stereocenters. The number of alkyl halides is 4. The monoisotopic (exact) mass is 429 g/mol. The van der Waals surface area contributed by atoms with E-state index in [9.17, 15) is 17.6 Å². The highest BCUT2D eigenvalue weighted by Gasteiger charge is 2.44. The lowest BCUT2D eigenvalue weighted by molar-refractivity contribution is -0.253. The lowest BCUT2D eigenvalue weighted by Crippen LogP contribution is -2.33. The molecule has 0 spiro atoms. The smallest absolute Gasteiger partial charge is 0.461 e. The van der Waals surface area contributed by atoms with Crippen molar-refractivity contribution >= 4 is 28.5 Å². The van der Waals surface area contributed by atoms with Crippen molar-refractivity contribution in [2.45, 2.75) is 23.4 Å². The number of imidazole rings is 1. The third-order valence-electron chi connectivity index (χ3n) is 4.08. The van der Waals surface area contributed by atoms with E-state index in [0.29, 0.717) is 21.9 Å².